The molecule has 6 N–H and O–H groups in total. The van der Waals surface area contributed by atoms with Crippen LogP contribution in [0.4, 0.5) is 29.7 Å². The van der Waals surface area contributed by atoms with E-state index in [1.54, 1.807) is 29.6 Å². The van der Waals surface area contributed by atoms with Crippen LogP contribution in [0.2, 0.25) is 0 Å². The summed E-state index contributed by atoms with van der Waals surface area (Å²) in [5.74, 6) is -1.66. The maximum Gasteiger partial charge on any atom is 0.490 e. The first-order valence-corrected chi connectivity index (χ1v) is 19.8. The van der Waals surface area contributed by atoms with Crippen LogP contribution in [-0.4, -0.2) is 106 Å². The highest BCUT2D eigenvalue weighted by Crippen LogP contribution is 2.40. The van der Waals surface area contributed by atoms with Gasteiger partial charge in [-0.15, -0.1) is 0 Å². The van der Waals surface area contributed by atoms with Crippen LogP contribution >= 0.6 is 0 Å². The van der Waals surface area contributed by atoms with Gasteiger partial charge in [0.05, 0.1) is 24.6 Å². The Labute approximate surface area is 348 Å². The Hall–Kier alpha value is -6.60. The second kappa shape index (κ2) is 18.8. The summed E-state index contributed by atoms with van der Waals surface area (Å²) in [7, 11) is 0. The largest absolute Gasteiger partial charge is 0.490 e. The SMILES string of the molecule is CCc1cnn([C@H]2C[C@@H](n3cnc4c(NCC(c5ccccc5)c5ccccc5)nc(N5CC[C@@H](NC(=O)NCc6cccnc6)C5)nc43)[C@H](O)[C@@H]2O)c1.O=C(O)C(F)(F)F. The minimum absolute atomic E-state index is 0.0307. The van der Waals surface area contributed by atoms with Crippen molar-refractivity contribution in [2.45, 2.75) is 75.2 Å². The number of imidazole rings is 1. The van der Waals surface area contributed by atoms with Crippen LogP contribution in [0.25, 0.3) is 11.2 Å². The maximum atomic E-state index is 12.8. The molecule has 19 heteroatoms. The van der Waals surface area contributed by atoms with Crippen molar-refractivity contribution >= 4 is 34.9 Å². The molecule has 4 aromatic heterocycles. The predicted molar refractivity (Wildman–Crippen MR) is 219 cm³/mol. The summed E-state index contributed by atoms with van der Waals surface area (Å²) in [6.45, 7) is 4.13. The molecule has 0 unspecified atom stereocenters. The number of hydrogen-bond donors (Lipinski definition) is 6. The molecule has 320 valence electrons. The molecule has 0 spiro atoms. The standard InChI is InChI=1S/C40H45N11O3.C2HF3O2/c1-2-26-21-45-51(23-26)33-18-32(35(52)36(33)53)50-25-44-34-37(42-22-31(28-11-5-3-6-12-28)29-13-7-4-8-14-29)47-39(48-38(34)50)49-17-15-30(24-49)46-40(54)43-20-27-10-9-16-41-19-27;3-2(4,5)1(6)7/h3-14,16,19,21,23,25,30-33,35-36,52-53H,2,15,17-18,20,22,24H2,1H3,(H,42,47,48)(H2,43,46,54);(H,6,7)/t30-,32-,33+,35+,36-;/m1./s1. The number of aliphatic hydroxyl groups is 2. The molecular formula is C42H46F3N11O5. The second-order valence-electron chi connectivity index (χ2n) is 14.9. The number of carbonyl (C=O) groups is 2. The van der Waals surface area contributed by atoms with E-state index in [1.165, 1.54) is 11.1 Å². The molecule has 2 amide bonds. The summed E-state index contributed by atoms with van der Waals surface area (Å²) in [6.07, 6.45) is 3.66. The Bertz CT molecular complexity index is 2340. The van der Waals surface area contributed by atoms with Crippen LogP contribution in [0.5, 0.6) is 0 Å². The number of carbonyl (C=O) groups excluding carboxylic acids is 1. The van der Waals surface area contributed by atoms with Gasteiger partial charge in [0.25, 0.3) is 0 Å². The van der Waals surface area contributed by atoms with Gasteiger partial charge >= 0.3 is 18.2 Å². The Morgan fingerprint density at radius 1 is 0.918 bits per heavy atom. The third kappa shape index (κ3) is 10.1. The number of urea groups is 1. The lowest BCUT2D eigenvalue weighted by Gasteiger charge is -2.22. The molecule has 8 rings (SSSR count). The minimum atomic E-state index is -5.08. The zero-order chi connectivity index (χ0) is 43.1. The van der Waals surface area contributed by atoms with Crippen molar-refractivity contribution in [1.82, 2.24) is 44.9 Å². The highest BCUT2D eigenvalue weighted by Gasteiger charge is 2.45. The molecule has 1 aliphatic heterocycles. The fraction of sp³-hybridized carbons (Fsp3) is 0.357. The first kappa shape index (κ1) is 42.5. The smallest absolute Gasteiger partial charge is 0.475 e. The van der Waals surface area contributed by atoms with Gasteiger partial charge in [-0.2, -0.15) is 28.2 Å². The molecule has 6 aromatic rings. The van der Waals surface area contributed by atoms with E-state index in [-0.39, 0.29) is 18.0 Å². The van der Waals surface area contributed by atoms with Crippen LogP contribution in [0, 0.1) is 0 Å². The monoisotopic (exact) mass is 841 g/mol. The van der Waals surface area contributed by atoms with Crippen LogP contribution < -0.4 is 20.9 Å². The quantitative estimate of drug-likeness (QED) is 0.0979. The number of carboxylic acids is 1. The van der Waals surface area contributed by atoms with Crippen molar-refractivity contribution in [3.05, 3.63) is 126 Å². The van der Waals surface area contributed by atoms with Crippen LogP contribution in [0.1, 0.15) is 60.0 Å². The average Bonchev–Trinajstić information content (AvgIpc) is 4.09. The molecule has 2 aliphatic rings. The van der Waals surface area contributed by atoms with Crippen molar-refractivity contribution in [2.24, 2.45) is 0 Å². The number of aliphatic hydroxyl groups excluding tert-OH is 2. The molecule has 5 atom stereocenters. The first-order valence-electron chi connectivity index (χ1n) is 19.8. The summed E-state index contributed by atoms with van der Waals surface area (Å²) in [5.41, 5.74) is 5.44. The van der Waals surface area contributed by atoms with E-state index in [0.29, 0.717) is 62.0 Å². The number of anilines is 2. The third-order valence-corrected chi connectivity index (χ3v) is 10.9. The van der Waals surface area contributed by atoms with Gasteiger partial charge in [-0.3, -0.25) is 9.67 Å². The number of aryl methyl sites for hydroxylation is 1. The zero-order valence-electron chi connectivity index (χ0n) is 33.1. The first-order chi connectivity index (χ1) is 29.4. The molecule has 1 saturated carbocycles. The molecule has 2 aromatic carbocycles. The van der Waals surface area contributed by atoms with Crippen LogP contribution in [0.15, 0.2) is 104 Å². The molecule has 5 heterocycles. The Morgan fingerprint density at radius 3 is 2.23 bits per heavy atom. The molecule has 2 fully saturated rings. The van der Waals surface area contributed by atoms with Gasteiger partial charge in [-0.25, -0.2) is 14.6 Å². The number of alkyl halides is 3. The van der Waals surface area contributed by atoms with E-state index in [2.05, 4.69) is 62.1 Å². The number of halogens is 3. The second-order valence-corrected chi connectivity index (χ2v) is 14.9. The Kier molecular flexibility index (Phi) is 13.1. The van der Waals surface area contributed by atoms with Crippen molar-refractivity contribution in [3.8, 4) is 0 Å². The summed E-state index contributed by atoms with van der Waals surface area (Å²) in [5, 5.41) is 43.9. The zero-order valence-corrected chi connectivity index (χ0v) is 33.1. The highest BCUT2D eigenvalue weighted by atomic mass is 19.4. The molecule has 61 heavy (non-hydrogen) atoms. The van der Waals surface area contributed by atoms with Gasteiger partial charge in [-0.1, -0.05) is 73.7 Å². The van der Waals surface area contributed by atoms with Gasteiger partial charge in [0.2, 0.25) is 5.95 Å². The summed E-state index contributed by atoms with van der Waals surface area (Å²) >= 11 is 0. The van der Waals surface area contributed by atoms with Gasteiger partial charge in [0, 0.05) is 56.7 Å². The molecule has 1 aliphatic carbocycles. The van der Waals surface area contributed by atoms with Crippen molar-refractivity contribution in [2.75, 3.05) is 29.9 Å². The van der Waals surface area contributed by atoms with Crippen LogP contribution in [-0.2, 0) is 17.8 Å². The Balaban J connectivity index is 0.000000739. The number of aliphatic carboxylic acids is 1. The number of pyridine rings is 1. The lowest BCUT2D eigenvalue weighted by Crippen LogP contribution is -2.43. The Morgan fingerprint density at radius 2 is 1.61 bits per heavy atom. The number of carboxylic acid groups (broad SMARTS) is 1. The number of fused-ring (bicyclic) bond motifs is 1. The van der Waals surface area contributed by atoms with Crippen molar-refractivity contribution in [1.29, 1.82) is 0 Å². The maximum absolute atomic E-state index is 12.8. The normalized spacial score (nSPS) is 20.0. The number of amides is 2. The van der Waals surface area contributed by atoms with Crippen LogP contribution in [0.3, 0.4) is 0 Å². The summed E-state index contributed by atoms with van der Waals surface area (Å²) in [6, 6.07) is 23.2. The number of nitrogens with zero attached hydrogens (tertiary/aromatic N) is 8. The van der Waals surface area contributed by atoms with E-state index in [0.717, 1.165) is 17.5 Å². The molecule has 0 bridgehead atoms. The number of nitrogens with one attached hydrogen (secondary N) is 3. The average molecular weight is 842 g/mol. The highest BCUT2D eigenvalue weighted by molar-refractivity contribution is 5.84. The van der Waals surface area contributed by atoms with E-state index in [4.69, 9.17) is 24.9 Å². The number of aromatic nitrogens is 7. The predicted octanol–water partition coefficient (Wildman–Crippen LogP) is 4.84. The van der Waals surface area contributed by atoms with Gasteiger partial charge in [-0.05, 0) is 47.6 Å². The number of benzene rings is 2. The van der Waals surface area contributed by atoms with Crippen molar-refractivity contribution < 1.29 is 38.1 Å². The van der Waals surface area contributed by atoms with Crippen molar-refractivity contribution in [3.63, 3.8) is 0 Å². The van der Waals surface area contributed by atoms with E-state index in [9.17, 15) is 28.2 Å². The number of rotatable bonds is 12. The molecule has 0 radical (unpaired) electrons. The topological polar surface area (TPSA) is 208 Å². The molecule has 1 saturated heterocycles. The van der Waals surface area contributed by atoms with Gasteiger partial charge in [0.1, 0.15) is 12.2 Å². The third-order valence-electron chi connectivity index (χ3n) is 10.9. The fourth-order valence-electron chi connectivity index (χ4n) is 7.66. The summed E-state index contributed by atoms with van der Waals surface area (Å²) in [4.78, 5) is 42.8. The lowest BCUT2D eigenvalue weighted by atomic mass is 9.91. The lowest BCUT2D eigenvalue weighted by molar-refractivity contribution is -0.192. The molecular weight excluding hydrogens is 796 g/mol. The van der Waals surface area contributed by atoms with E-state index >= 15 is 0 Å². The summed E-state index contributed by atoms with van der Waals surface area (Å²) < 4.78 is 35.4. The van der Waals surface area contributed by atoms with E-state index < -0.39 is 36.4 Å². The van der Waals surface area contributed by atoms with Gasteiger partial charge in [0.15, 0.2) is 17.0 Å². The van der Waals surface area contributed by atoms with Gasteiger partial charge < -0.3 is 40.7 Å². The fourth-order valence-corrected chi connectivity index (χ4v) is 7.66. The minimum Gasteiger partial charge on any atom is -0.475 e. The number of hydrogen-bond acceptors (Lipinski definition) is 11. The van der Waals surface area contributed by atoms with E-state index in [1.807, 2.05) is 59.3 Å². The molecule has 16 nitrogen and oxygen atoms in total.